The molecule has 3 unspecified atom stereocenters. The van der Waals surface area contributed by atoms with Crippen molar-refractivity contribution >= 4 is 5.97 Å². The number of methoxy groups -OCH3 is 1. The molecule has 0 aromatic carbocycles. The van der Waals surface area contributed by atoms with Crippen molar-refractivity contribution in [2.45, 2.75) is 38.5 Å². The molecule has 1 N–H and O–H groups in total. The van der Waals surface area contributed by atoms with Gasteiger partial charge in [0.25, 0.3) is 0 Å². The highest BCUT2D eigenvalue weighted by Crippen LogP contribution is 2.47. The Morgan fingerprint density at radius 2 is 2.25 bits per heavy atom. The molecule has 16 heavy (non-hydrogen) atoms. The van der Waals surface area contributed by atoms with E-state index in [1.165, 1.54) is 32.8 Å². The van der Waals surface area contributed by atoms with E-state index in [-0.39, 0.29) is 5.97 Å². The number of ether oxygens (including phenoxy) is 1. The first kappa shape index (κ1) is 11.9. The van der Waals surface area contributed by atoms with Crippen LogP contribution in [0, 0.1) is 17.8 Å². The lowest BCUT2D eigenvalue weighted by Crippen LogP contribution is -2.27. The minimum absolute atomic E-state index is 0.0956. The van der Waals surface area contributed by atoms with Crippen LogP contribution in [0.1, 0.15) is 38.5 Å². The fraction of sp³-hybridized carbons (Fsp3) is 0.923. The smallest absolute Gasteiger partial charge is 0.305 e. The van der Waals surface area contributed by atoms with Gasteiger partial charge in [-0.2, -0.15) is 0 Å². The van der Waals surface area contributed by atoms with Crippen LogP contribution in [0.4, 0.5) is 0 Å². The molecule has 2 fully saturated rings. The van der Waals surface area contributed by atoms with Crippen molar-refractivity contribution in [2.24, 2.45) is 17.8 Å². The van der Waals surface area contributed by atoms with Gasteiger partial charge >= 0.3 is 5.97 Å². The van der Waals surface area contributed by atoms with E-state index in [9.17, 15) is 4.79 Å². The molecule has 0 saturated heterocycles. The minimum Gasteiger partial charge on any atom is -0.469 e. The van der Waals surface area contributed by atoms with Gasteiger partial charge in [-0.15, -0.1) is 0 Å². The van der Waals surface area contributed by atoms with Crippen LogP contribution in [0.3, 0.4) is 0 Å². The molecule has 2 saturated carbocycles. The predicted octanol–water partition coefficient (Wildman–Crippen LogP) is 1.97. The van der Waals surface area contributed by atoms with E-state index in [1.54, 1.807) is 0 Å². The normalized spacial score (nSPS) is 31.9. The Morgan fingerprint density at radius 1 is 1.38 bits per heavy atom. The van der Waals surface area contributed by atoms with Gasteiger partial charge in [-0.25, -0.2) is 0 Å². The Hall–Kier alpha value is -0.570. The summed E-state index contributed by atoms with van der Waals surface area (Å²) in [6.45, 7) is 2.10. The molecule has 3 nitrogen and oxygen atoms in total. The van der Waals surface area contributed by atoms with Crippen molar-refractivity contribution in [3.63, 3.8) is 0 Å². The van der Waals surface area contributed by atoms with Gasteiger partial charge in [-0.3, -0.25) is 4.79 Å². The second kappa shape index (κ2) is 5.67. The van der Waals surface area contributed by atoms with E-state index in [4.69, 9.17) is 0 Å². The lowest BCUT2D eigenvalue weighted by molar-refractivity contribution is -0.140. The van der Waals surface area contributed by atoms with Gasteiger partial charge < -0.3 is 10.1 Å². The molecule has 2 rings (SSSR count). The molecule has 0 aromatic heterocycles. The molecular formula is C13H23NO2. The van der Waals surface area contributed by atoms with E-state index in [0.717, 1.165) is 37.3 Å². The number of nitrogens with one attached hydrogen (secondary N) is 1. The maximum Gasteiger partial charge on any atom is 0.305 e. The summed E-state index contributed by atoms with van der Waals surface area (Å²) in [5.74, 6) is 2.85. The van der Waals surface area contributed by atoms with Crippen LogP contribution >= 0.6 is 0 Å². The van der Waals surface area contributed by atoms with Gasteiger partial charge in [0.2, 0.25) is 0 Å². The number of fused-ring (bicyclic) bond motifs is 2. The van der Waals surface area contributed by atoms with E-state index in [1.807, 2.05) is 0 Å². The van der Waals surface area contributed by atoms with Crippen molar-refractivity contribution in [3.05, 3.63) is 0 Å². The topological polar surface area (TPSA) is 38.3 Å². The Bertz CT molecular complexity index is 242. The molecule has 2 aliphatic carbocycles. The number of hydrogen-bond acceptors (Lipinski definition) is 3. The highest BCUT2D eigenvalue weighted by molar-refractivity contribution is 5.69. The predicted molar refractivity (Wildman–Crippen MR) is 63.1 cm³/mol. The second-order valence-electron chi connectivity index (χ2n) is 5.32. The first-order valence-corrected chi connectivity index (χ1v) is 6.57. The third-order valence-corrected chi connectivity index (χ3v) is 4.25. The van der Waals surface area contributed by atoms with E-state index in [2.05, 4.69) is 10.1 Å². The van der Waals surface area contributed by atoms with Crippen molar-refractivity contribution < 1.29 is 9.53 Å². The lowest BCUT2D eigenvalue weighted by Gasteiger charge is -2.21. The van der Waals surface area contributed by atoms with Crippen LogP contribution in [-0.2, 0) is 9.53 Å². The third-order valence-electron chi connectivity index (χ3n) is 4.25. The van der Waals surface area contributed by atoms with Gasteiger partial charge in [0, 0.05) is 6.42 Å². The highest BCUT2D eigenvalue weighted by Gasteiger charge is 2.38. The molecule has 2 aliphatic rings. The molecule has 3 atom stereocenters. The monoisotopic (exact) mass is 225 g/mol. The minimum atomic E-state index is -0.0956. The molecule has 0 aliphatic heterocycles. The van der Waals surface area contributed by atoms with Gasteiger partial charge in [-0.05, 0) is 56.5 Å². The van der Waals surface area contributed by atoms with Gasteiger partial charge in [0.05, 0.1) is 7.11 Å². The maximum atomic E-state index is 10.9. The number of rotatable bonds is 6. The molecule has 92 valence electrons. The number of carbonyl (C=O) groups excluding carboxylic acids is 1. The summed E-state index contributed by atoms with van der Waals surface area (Å²) in [7, 11) is 1.45. The van der Waals surface area contributed by atoms with Crippen LogP contribution in [0.15, 0.2) is 0 Å². The second-order valence-corrected chi connectivity index (χ2v) is 5.32. The van der Waals surface area contributed by atoms with Crippen LogP contribution in [0.2, 0.25) is 0 Å². The lowest BCUT2D eigenvalue weighted by atomic mass is 9.89. The summed E-state index contributed by atoms with van der Waals surface area (Å²) in [5, 5.41) is 3.48. The van der Waals surface area contributed by atoms with Crippen molar-refractivity contribution in [3.8, 4) is 0 Å². The van der Waals surface area contributed by atoms with Crippen molar-refractivity contribution in [1.29, 1.82) is 0 Å². The maximum absolute atomic E-state index is 10.9. The Morgan fingerprint density at radius 3 is 2.88 bits per heavy atom. The first-order valence-electron chi connectivity index (χ1n) is 6.57. The van der Waals surface area contributed by atoms with Gasteiger partial charge in [0.1, 0.15) is 0 Å². The first-order chi connectivity index (χ1) is 7.79. The highest BCUT2D eigenvalue weighted by atomic mass is 16.5. The summed E-state index contributed by atoms with van der Waals surface area (Å²) in [6.07, 6.45) is 7.29. The Balaban J connectivity index is 1.51. The zero-order valence-corrected chi connectivity index (χ0v) is 10.2. The third kappa shape index (κ3) is 2.97. The Kier molecular flexibility index (Phi) is 4.22. The molecule has 0 aromatic rings. The van der Waals surface area contributed by atoms with E-state index in [0.29, 0.717) is 6.42 Å². The summed E-state index contributed by atoms with van der Waals surface area (Å²) in [6, 6.07) is 0. The number of hydrogen-bond donors (Lipinski definition) is 1. The molecule has 0 spiro atoms. The van der Waals surface area contributed by atoms with Crippen LogP contribution < -0.4 is 5.32 Å². The van der Waals surface area contributed by atoms with E-state index >= 15 is 0 Å². The summed E-state index contributed by atoms with van der Waals surface area (Å²) >= 11 is 0. The molecule has 2 bridgehead atoms. The van der Waals surface area contributed by atoms with Gasteiger partial charge in [-0.1, -0.05) is 6.42 Å². The zero-order valence-electron chi connectivity index (χ0n) is 10.2. The van der Waals surface area contributed by atoms with Gasteiger partial charge in [0.15, 0.2) is 0 Å². The number of carbonyl (C=O) groups is 1. The number of esters is 1. The summed E-state index contributed by atoms with van der Waals surface area (Å²) < 4.78 is 4.60. The van der Waals surface area contributed by atoms with Crippen LogP contribution in [-0.4, -0.2) is 26.2 Å². The quantitative estimate of drug-likeness (QED) is 0.555. The zero-order chi connectivity index (χ0) is 11.4. The SMILES string of the molecule is COC(=O)CCCNCC1CC2CCC1C2. The fourth-order valence-corrected chi connectivity index (χ4v) is 3.37. The average Bonchev–Trinajstić information content (AvgIpc) is 2.90. The fourth-order valence-electron chi connectivity index (χ4n) is 3.37. The standard InChI is InChI=1S/C13H23NO2/c1-16-13(15)3-2-6-14-9-12-8-10-4-5-11(12)7-10/h10-12,14H,2-9H2,1H3. The van der Waals surface area contributed by atoms with Crippen molar-refractivity contribution in [2.75, 3.05) is 20.2 Å². The average molecular weight is 225 g/mol. The molecule has 0 radical (unpaired) electrons. The molecule has 0 amide bonds. The molecule has 0 heterocycles. The Labute approximate surface area is 97.9 Å². The molecular weight excluding hydrogens is 202 g/mol. The van der Waals surface area contributed by atoms with Crippen LogP contribution in [0.5, 0.6) is 0 Å². The van der Waals surface area contributed by atoms with Crippen LogP contribution in [0.25, 0.3) is 0 Å². The summed E-state index contributed by atoms with van der Waals surface area (Å²) in [4.78, 5) is 10.9. The van der Waals surface area contributed by atoms with Crippen molar-refractivity contribution in [1.82, 2.24) is 5.32 Å². The molecule has 3 heteroatoms. The summed E-state index contributed by atoms with van der Waals surface area (Å²) in [5.41, 5.74) is 0. The largest absolute Gasteiger partial charge is 0.469 e. The van der Waals surface area contributed by atoms with E-state index < -0.39 is 0 Å².